The highest BCUT2D eigenvalue weighted by Gasteiger charge is 2.34. The van der Waals surface area contributed by atoms with E-state index in [1.807, 2.05) is 0 Å². The quantitative estimate of drug-likeness (QED) is 0.332. The summed E-state index contributed by atoms with van der Waals surface area (Å²) in [6.07, 6.45) is -0.881. The van der Waals surface area contributed by atoms with Crippen LogP contribution in [-0.2, 0) is 0 Å². The first-order chi connectivity index (χ1) is 5.33. The lowest BCUT2D eigenvalue weighted by atomic mass is 10.0. The Morgan fingerprint density at radius 2 is 1.50 bits per heavy atom. The minimum absolute atomic E-state index is 0.00129. The molecular weight excluding hydrogens is 164 g/mol. The molecule has 0 rings (SSSR count). The third-order valence-corrected chi connectivity index (χ3v) is 1.64. The van der Waals surface area contributed by atoms with Gasteiger partial charge in [-0.15, -0.1) is 0 Å². The topological polar surface area (TPSA) is 101 Å². The highest BCUT2D eigenvalue weighted by atomic mass is 16.5. The number of aliphatic hydroxyl groups excluding tert-OH is 1. The highest BCUT2D eigenvalue weighted by molar-refractivity contribution is 4.73. The molecule has 0 aliphatic rings. The van der Waals surface area contributed by atoms with Gasteiger partial charge in [-0.2, -0.15) is 0 Å². The normalized spacial score (nSPS) is 13.5. The van der Waals surface area contributed by atoms with Crippen molar-refractivity contribution in [1.29, 1.82) is 0 Å². The summed E-state index contributed by atoms with van der Waals surface area (Å²) < 4.78 is 0. The van der Waals surface area contributed by atoms with E-state index in [-0.39, 0.29) is 12.8 Å². The fourth-order valence-electron chi connectivity index (χ4n) is 0.846. The first-order valence-corrected chi connectivity index (χ1v) is 3.83. The van der Waals surface area contributed by atoms with E-state index in [1.165, 1.54) is 6.92 Å². The summed E-state index contributed by atoms with van der Waals surface area (Å²) in [5, 5.41) is 44.6. The Morgan fingerprint density at radius 3 is 1.83 bits per heavy atom. The SMILES string of the molecule is CCC(O)(O)CC(O)(O)CCO. The number of hydrogen-bond donors (Lipinski definition) is 5. The molecule has 0 radical (unpaired) electrons. The molecule has 5 nitrogen and oxygen atoms in total. The average molecular weight is 180 g/mol. The second-order valence-corrected chi connectivity index (χ2v) is 2.97. The molecule has 0 saturated carbocycles. The molecule has 0 aromatic rings. The van der Waals surface area contributed by atoms with E-state index >= 15 is 0 Å². The van der Waals surface area contributed by atoms with Gasteiger partial charge in [0.25, 0.3) is 0 Å². The summed E-state index contributed by atoms with van der Waals surface area (Å²) in [6.45, 7) is 1.10. The van der Waals surface area contributed by atoms with E-state index < -0.39 is 24.6 Å². The lowest BCUT2D eigenvalue weighted by molar-refractivity contribution is -0.259. The Labute approximate surface area is 70.9 Å². The summed E-state index contributed by atoms with van der Waals surface area (Å²) in [5.41, 5.74) is 0. The van der Waals surface area contributed by atoms with Crippen molar-refractivity contribution in [2.75, 3.05) is 6.61 Å². The van der Waals surface area contributed by atoms with Crippen LogP contribution >= 0.6 is 0 Å². The lowest BCUT2D eigenvalue weighted by Gasteiger charge is -2.28. The second-order valence-electron chi connectivity index (χ2n) is 2.97. The first-order valence-electron chi connectivity index (χ1n) is 3.83. The maximum atomic E-state index is 9.06. The number of rotatable bonds is 5. The minimum atomic E-state index is -2.21. The molecule has 0 amide bonds. The van der Waals surface area contributed by atoms with Gasteiger partial charge in [-0.3, -0.25) is 0 Å². The van der Waals surface area contributed by atoms with E-state index in [0.29, 0.717) is 0 Å². The number of aliphatic hydroxyl groups is 5. The first kappa shape index (κ1) is 11.8. The maximum Gasteiger partial charge on any atom is 0.169 e. The predicted molar refractivity (Wildman–Crippen MR) is 40.9 cm³/mol. The van der Waals surface area contributed by atoms with Crippen LogP contribution in [0.2, 0.25) is 0 Å². The van der Waals surface area contributed by atoms with Crippen molar-refractivity contribution < 1.29 is 25.5 Å². The molecule has 0 unspecified atom stereocenters. The molecule has 0 saturated heterocycles. The van der Waals surface area contributed by atoms with Crippen LogP contribution in [-0.4, -0.2) is 43.7 Å². The van der Waals surface area contributed by atoms with E-state index in [9.17, 15) is 0 Å². The van der Waals surface area contributed by atoms with Crippen molar-refractivity contribution in [3.8, 4) is 0 Å². The van der Waals surface area contributed by atoms with Gasteiger partial charge in [0.15, 0.2) is 11.6 Å². The van der Waals surface area contributed by atoms with Crippen LogP contribution in [0.4, 0.5) is 0 Å². The Balaban J connectivity index is 4.04. The average Bonchev–Trinajstić information content (AvgIpc) is 1.85. The van der Waals surface area contributed by atoms with Crippen LogP contribution in [0.5, 0.6) is 0 Å². The fourth-order valence-corrected chi connectivity index (χ4v) is 0.846. The molecule has 5 N–H and O–H groups in total. The number of hydrogen-bond acceptors (Lipinski definition) is 5. The van der Waals surface area contributed by atoms with E-state index in [2.05, 4.69) is 0 Å². The molecule has 12 heavy (non-hydrogen) atoms. The summed E-state index contributed by atoms with van der Waals surface area (Å²) in [5.74, 6) is -4.30. The summed E-state index contributed by atoms with van der Waals surface area (Å²) in [7, 11) is 0. The van der Waals surface area contributed by atoms with Crippen molar-refractivity contribution in [2.45, 2.75) is 37.8 Å². The van der Waals surface area contributed by atoms with E-state index in [1.54, 1.807) is 0 Å². The van der Waals surface area contributed by atoms with Crippen LogP contribution in [0.1, 0.15) is 26.2 Å². The summed E-state index contributed by atoms with van der Waals surface area (Å²) in [4.78, 5) is 0. The molecule has 0 fully saturated rings. The van der Waals surface area contributed by atoms with Gasteiger partial charge in [-0.25, -0.2) is 0 Å². The Bertz CT molecular complexity index is 132. The van der Waals surface area contributed by atoms with Crippen molar-refractivity contribution in [2.24, 2.45) is 0 Å². The second kappa shape index (κ2) is 4.15. The Hall–Kier alpha value is -0.200. The highest BCUT2D eigenvalue weighted by Crippen LogP contribution is 2.21. The lowest BCUT2D eigenvalue weighted by Crippen LogP contribution is -2.41. The molecule has 74 valence electrons. The van der Waals surface area contributed by atoms with Gasteiger partial charge in [0.05, 0.1) is 6.42 Å². The minimum Gasteiger partial charge on any atom is -0.396 e. The molecule has 0 spiro atoms. The molecule has 0 aromatic heterocycles. The molecule has 0 aliphatic carbocycles. The zero-order chi connectivity index (χ0) is 9.83. The van der Waals surface area contributed by atoms with Gasteiger partial charge >= 0.3 is 0 Å². The molecule has 0 bridgehead atoms. The molecule has 0 aromatic carbocycles. The molecular formula is C7H16O5. The van der Waals surface area contributed by atoms with Gasteiger partial charge in [-0.05, 0) is 6.42 Å². The molecule has 5 heteroatoms. The van der Waals surface area contributed by atoms with Gasteiger partial charge in [0.2, 0.25) is 0 Å². The Kier molecular flexibility index (Phi) is 4.09. The van der Waals surface area contributed by atoms with Crippen LogP contribution in [0.3, 0.4) is 0 Å². The van der Waals surface area contributed by atoms with Crippen LogP contribution in [0.25, 0.3) is 0 Å². The van der Waals surface area contributed by atoms with Crippen LogP contribution in [0.15, 0.2) is 0 Å². The Morgan fingerprint density at radius 1 is 1.00 bits per heavy atom. The standard InChI is InChI=1S/C7H16O5/c1-2-6(9,10)5-7(11,12)3-4-8/h8-12H,2-5H2,1H3. The molecule has 0 heterocycles. The molecule has 0 aliphatic heterocycles. The van der Waals surface area contributed by atoms with Gasteiger partial charge in [-0.1, -0.05) is 6.92 Å². The molecule has 0 atom stereocenters. The third-order valence-electron chi connectivity index (χ3n) is 1.64. The van der Waals surface area contributed by atoms with Crippen LogP contribution < -0.4 is 0 Å². The largest absolute Gasteiger partial charge is 0.396 e. The van der Waals surface area contributed by atoms with E-state index in [0.717, 1.165) is 0 Å². The summed E-state index contributed by atoms with van der Waals surface area (Å²) in [6, 6.07) is 0. The van der Waals surface area contributed by atoms with Gasteiger partial charge in [0.1, 0.15) is 0 Å². The van der Waals surface area contributed by atoms with Crippen molar-refractivity contribution >= 4 is 0 Å². The van der Waals surface area contributed by atoms with E-state index in [4.69, 9.17) is 25.5 Å². The zero-order valence-electron chi connectivity index (χ0n) is 7.06. The maximum absolute atomic E-state index is 9.06. The van der Waals surface area contributed by atoms with Gasteiger partial charge in [0, 0.05) is 13.0 Å². The monoisotopic (exact) mass is 180 g/mol. The predicted octanol–water partition coefficient (Wildman–Crippen LogP) is -1.47. The van der Waals surface area contributed by atoms with Crippen molar-refractivity contribution in [3.05, 3.63) is 0 Å². The third kappa shape index (κ3) is 4.63. The summed E-state index contributed by atoms with van der Waals surface area (Å²) >= 11 is 0. The smallest absolute Gasteiger partial charge is 0.169 e. The van der Waals surface area contributed by atoms with Crippen molar-refractivity contribution in [1.82, 2.24) is 0 Å². The van der Waals surface area contributed by atoms with Gasteiger partial charge < -0.3 is 25.5 Å². The van der Waals surface area contributed by atoms with Crippen LogP contribution in [0, 0.1) is 0 Å². The zero-order valence-corrected chi connectivity index (χ0v) is 7.06. The van der Waals surface area contributed by atoms with Crippen molar-refractivity contribution in [3.63, 3.8) is 0 Å². The fraction of sp³-hybridized carbons (Fsp3) is 1.00.